The number of methoxy groups -OCH3 is 1. The van der Waals surface area contributed by atoms with Crippen LogP contribution in [0.15, 0.2) is 18.2 Å². The van der Waals surface area contributed by atoms with Gasteiger partial charge in [-0.1, -0.05) is 24.4 Å². The molecule has 0 aromatic heterocycles. The Morgan fingerprint density at radius 1 is 1.30 bits per heavy atom. The summed E-state index contributed by atoms with van der Waals surface area (Å²) in [5.74, 6) is 0.0513. The number of carbonyl (C=O) groups excluding carboxylic acids is 2. The molecule has 0 saturated heterocycles. The first-order valence-corrected chi connectivity index (χ1v) is 9.45. The minimum atomic E-state index is -0.603. The molecule has 1 fully saturated rings. The van der Waals surface area contributed by atoms with Gasteiger partial charge in [-0.3, -0.25) is 4.79 Å². The first-order chi connectivity index (χ1) is 12.9. The molecule has 1 aliphatic carbocycles. The molecule has 1 N–H and O–H groups in total. The molecule has 1 aromatic carbocycles. The van der Waals surface area contributed by atoms with E-state index in [1.54, 1.807) is 18.2 Å². The van der Waals surface area contributed by atoms with E-state index in [0.29, 0.717) is 22.1 Å². The number of ether oxygens (including phenoxy) is 3. The van der Waals surface area contributed by atoms with E-state index in [-0.39, 0.29) is 24.7 Å². The van der Waals surface area contributed by atoms with Gasteiger partial charge in [0.2, 0.25) is 0 Å². The van der Waals surface area contributed by atoms with E-state index in [9.17, 15) is 9.59 Å². The third-order valence-corrected chi connectivity index (χ3v) is 4.36. The molecule has 148 valence electrons. The monoisotopic (exact) mass is 395 g/mol. The number of esters is 1. The molecule has 7 heteroatoms. The van der Waals surface area contributed by atoms with Crippen molar-refractivity contribution in [3.63, 3.8) is 0 Å². The van der Waals surface area contributed by atoms with Crippen LogP contribution in [0.5, 0.6) is 11.5 Å². The Morgan fingerprint density at radius 2 is 2.00 bits per heavy atom. The zero-order chi connectivity index (χ0) is 19.8. The number of nitrogens with one attached hydrogen (secondary N) is 1. The third-order valence-electron chi connectivity index (χ3n) is 4.08. The summed E-state index contributed by atoms with van der Waals surface area (Å²) >= 11 is 6.25. The Hall–Kier alpha value is -2.21. The van der Waals surface area contributed by atoms with Crippen LogP contribution in [0.3, 0.4) is 0 Å². The Bertz CT molecular complexity index is 696. The minimum absolute atomic E-state index is 0.0526. The number of halogens is 1. The van der Waals surface area contributed by atoms with Crippen LogP contribution in [0.2, 0.25) is 5.02 Å². The standard InChI is InChI=1S/C20H26ClNO5/c1-13(2)27-20-16(21)10-14(11-17(20)25-3)8-9-19(24)26-12-18(23)22-15-6-4-5-7-15/h8-11,13,15H,4-7,12H2,1-3H3,(H,22,23)/b9-8+. The molecule has 0 bridgehead atoms. The summed E-state index contributed by atoms with van der Waals surface area (Å²) in [5.41, 5.74) is 0.653. The molecule has 2 rings (SSSR count). The van der Waals surface area contributed by atoms with Crippen LogP contribution in [0.25, 0.3) is 6.08 Å². The van der Waals surface area contributed by atoms with Gasteiger partial charge >= 0.3 is 5.97 Å². The number of hydrogen-bond donors (Lipinski definition) is 1. The highest BCUT2D eigenvalue weighted by molar-refractivity contribution is 6.32. The Balaban J connectivity index is 1.91. The second-order valence-corrected chi connectivity index (χ2v) is 7.10. The number of benzene rings is 1. The van der Waals surface area contributed by atoms with E-state index in [1.807, 2.05) is 13.8 Å². The van der Waals surface area contributed by atoms with Gasteiger partial charge in [0, 0.05) is 12.1 Å². The molecule has 1 saturated carbocycles. The highest BCUT2D eigenvalue weighted by Crippen LogP contribution is 2.37. The van der Waals surface area contributed by atoms with E-state index >= 15 is 0 Å². The highest BCUT2D eigenvalue weighted by atomic mass is 35.5. The van der Waals surface area contributed by atoms with Gasteiger partial charge in [-0.25, -0.2) is 4.79 Å². The zero-order valence-corrected chi connectivity index (χ0v) is 16.7. The zero-order valence-electron chi connectivity index (χ0n) is 15.9. The molecule has 0 radical (unpaired) electrons. The Labute approximate surface area is 164 Å². The molecule has 1 aliphatic rings. The molecule has 27 heavy (non-hydrogen) atoms. The highest BCUT2D eigenvalue weighted by Gasteiger charge is 2.17. The lowest BCUT2D eigenvalue weighted by atomic mass is 10.2. The van der Waals surface area contributed by atoms with E-state index in [0.717, 1.165) is 25.7 Å². The Kier molecular flexibility index (Phi) is 7.98. The van der Waals surface area contributed by atoms with Gasteiger partial charge in [-0.2, -0.15) is 0 Å². The normalized spacial score (nSPS) is 14.6. The van der Waals surface area contributed by atoms with Crippen molar-refractivity contribution in [1.29, 1.82) is 0 Å². The number of carbonyl (C=O) groups is 2. The van der Waals surface area contributed by atoms with Crippen LogP contribution in [0.1, 0.15) is 45.1 Å². The number of amides is 1. The van der Waals surface area contributed by atoms with E-state index in [2.05, 4.69) is 5.32 Å². The first-order valence-electron chi connectivity index (χ1n) is 9.07. The van der Waals surface area contributed by atoms with Crippen molar-refractivity contribution in [2.45, 2.75) is 51.7 Å². The SMILES string of the molecule is COc1cc(/C=C/C(=O)OCC(=O)NC2CCCC2)cc(Cl)c1OC(C)C. The molecule has 0 spiro atoms. The van der Waals surface area contributed by atoms with Crippen LogP contribution in [-0.4, -0.2) is 37.7 Å². The van der Waals surface area contributed by atoms with Crippen molar-refractivity contribution < 1.29 is 23.8 Å². The molecular formula is C20H26ClNO5. The number of hydrogen-bond acceptors (Lipinski definition) is 5. The van der Waals surface area contributed by atoms with Crippen molar-refractivity contribution in [2.24, 2.45) is 0 Å². The third kappa shape index (κ3) is 6.79. The fraction of sp³-hybridized carbons (Fsp3) is 0.500. The van der Waals surface area contributed by atoms with Gasteiger partial charge in [0.25, 0.3) is 5.91 Å². The molecule has 0 unspecified atom stereocenters. The summed E-state index contributed by atoms with van der Waals surface area (Å²) in [6.45, 7) is 3.50. The van der Waals surface area contributed by atoms with Crippen molar-refractivity contribution in [2.75, 3.05) is 13.7 Å². The lowest BCUT2D eigenvalue weighted by Gasteiger charge is -2.15. The van der Waals surface area contributed by atoms with Crippen LogP contribution >= 0.6 is 11.6 Å². The van der Waals surface area contributed by atoms with Crippen molar-refractivity contribution >= 4 is 29.6 Å². The van der Waals surface area contributed by atoms with Crippen molar-refractivity contribution in [3.8, 4) is 11.5 Å². The summed E-state index contributed by atoms with van der Waals surface area (Å²) in [4.78, 5) is 23.6. The second-order valence-electron chi connectivity index (χ2n) is 6.69. The molecule has 1 amide bonds. The predicted octanol–water partition coefficient (Wildman–Crippen LogP) is 3.75. The van der Waals surface area contributed by atoms with Crippen LogP contribution < -0.4 is 14.8 Å². The van der Waals surface area contributed by atoms with Crippen LogP contribution in [0, 0.1) is 0 Å². The first kappa shape index (κ1) is 21.1. The van der Waals surface area contributed by atoms with Crippen LogP contribution in [-0.2, 0) is 14.3 Å². The van der Waals surface area contributed by atoms with E-state index < -0.39 is 5.97 Å². The van der Waals surface area contributed by atoms with E-state index in [4.69, 9.17) is 25.8 Å². The maximum Gasteiger partial charge on any atom is 0.331 e. The maximum atomic E-state index is 11.8. The van der Waals surface area contributed by atoms with Gasteiger partial charge in [0.1, 0.15) is 0 Å². The molecule has 0 aliphatic heterocycles. The van der Waals surface area contributed by atoms with Gasteiger partial charge < -0.3 is 19.5 Å². The van der Waals surface area contributed by atoms with Crippen molar-refractivity contribution in [1.82, 2.24) is 5.32 Å². The molecule has 6 nitrogen and oxygen atoms in total. The fourth-order valence-corrected chi connectivity index (χ4v) is 3.14. The second kappa shape index (κ2) is 10.2. The average Bonchev–Trinajstić information content (AvgIpc) is 3.12. The van der Waals surface area contributed by atoms with Gasteiger partial charge in [0.05, 0.1) is 18.2 Å². The average molecular weight is 396 g/mol. The van der Waals surface area contributed by atoms with E-state index in [1.165, 1.54) is 13.2 Å². The smallest absolute Gasteiger partial charge is 0.331 e. The molecule has 0 heterocycles. The summed E-state index contributed by atoms with van der Waals surface area (Å²) in [7, 11) is 1.52. The molecule has 1 aromatic rings. The summed E-state index contributed by atoms with van der Waals surface area (Å²) in [6, 6.07) is 3.58. The maximum absolute atomic E-state index is 11.8. The van der Waals surface area contributed by atoms with Crippen LogP contribution in [0.4, 0.5) is 0 Å². The quantitative estimate of drug-likeness (QED) is 0.536. The summed E-state index contributed by atoms with van der Waals surface area (Å²) in [5, 5.41) is 3.25. The minimum Gasteiger partial charge on any atom is -0.493 e. The van der Waals surface area contributed by atoms with Gasteiger partial charge in [-0.05, 0) is 50.5 Å². The predicted molar refractivity (Wildman–Crippen MR) is 104 cm³/mol. The van der Waals surface area contributed by atoms with Gasteiger partial charge in [-0.15, -0.1) is 0 Å². The lowest BCUT2D eigenvalue weighted by Crippen LogP contribution is -2.35. The van der Waals surface area contributed by atoms with Crippen molar-refractivity contribution in [3.05, 3.63) is 28.8 Å². The largest absolute Gasteiger partial charge is 0.493 e. The summed E-state index contributed by atoms with van der Waals surface area (Å²) in [6.07, 6.45) is 6.96. The molecule has 0 atom stereocenters. The molecular weight excluding hydrogens is 370 g/mol. The number of rotatable bonds is 8. The Morgan fingerprint density at radius 3 is 2.63 bits per heavy atom. The topological polar surface area (TPSA) is 73.9 Å². The lowest BCUT2D eigenvalue weighted by molar-refractivity contribution is -0.144. The summed E-state index contributed by atoms with van der Waals surface area (Å²) < 4.78 is 15.9. The fourth-order valence-electron chi connectivity index (χ4n) is 2.87. The van der Waals surface area contributed by atoms with Gasteiger partial charge in [0.15, 0.2) is 18.1 Å².